The van der Waals surface area contributed by atoms with Crippen molar-refractivity contribution in [1.29, 1.82) is 0 Å². The minimum absolute atomic E-state index is 0.0484. The Balaban J connectivity index is 1.74. The van der Waals surface area contributed by atoms with E-state index in [4.69, 9.17) is 9.47 Å². The Labute approximate surface area is 164 Å². The molecule has 1 aliphatic rings. The lowest BCUT2D eigenvalue weighted by atomic mass is 10.1. The third-order valence-electron chi connectivity index (χ3n) is 4.44. The Bertz CT molecular complexity index is 904. The van der Waals surface area contributed by atoms with Gasteiger partial charge in [-0.3, -0.25) is 14.5 Å². The van der Waals surface area contributed by atoms with E-state index in [9.17, 15) is 14.7 Å². The quantitative estimate of drug-likeness (QED) is 0.710. The number of nitrogens with zero attached hydrogens (tertiary/aromatic N) is 1. The molecule has 1 heterocycles. The molecule has 3 rings (SSSR count). The Kier molecular flexibility index (Phi) is 5.99. The first-order valence-electron chi connectivity index (χ1n) is 9.30. The molecule has 1 N–H and O–H groups in total. The Hall–Kier alpha value is -3.28. The molecule has 2 amide bonds. The highest BCUT2D eigenvalue weighted by molar-refractivity contribution is 6.34. The van der Waals surface area contributed by atoms with Gasteiger partial charge in [0.25, 0.3) is 11.8 Å². The number of imide groups is 1. The summed E-state index contributed by atoms with van der Waals surface area (Å²) in [6.07, 6.45) is 0.444. The molecule has 28 heavy (non-hydrogen) atoms. The number of hydrogen-bond acceptors (Lipinski definition) is 5. The number of aliphatic hydroxyl groups is 1. The van der Waals surface area contributed by atoms with E-state index in [0.717, 1.165) is 10.5 Å². The first-order chi connectivity index (χ1) is 13.6. The van der Waals surface area contributed by atoms with E-state index in [0.29, 0.717) is 36.7 Å². The molecule has 0 saturated carbocycles. The minimum Gasteiger partial charge on any atom is -0.502 e. The monoisotopic (exact) mass is 381 g/mol. The van der Waals surface area contributed by atoms with E-state index >= 15 is 0 Å². The summed E-state index contributed by atoms with van der Waals surface area (Å²) in [5.74, 6) is -0.360. The highest BCUT2D eigenvalue weighted by Crippen LogP contribution is 2.30. The van der Waals surface area contributed by atoms with Crippen LogP contribution < -0.4 is 9.47 Å². The minimum atomic E-state index is -0.667. The zero-order valence-corrected chi connectivity index (χ0v) is 16.0. The van der Waals surface area contributed by atoms with Crippen LogP contribution in [0.1, 0.15) is 25.0 Å². The van der Waals surface area contributed by atoms with Gasteiger partial charge in [-0.2, -0.15) is 0 Å². The van der Waals surface area contributed by atoms with E-state index < -0.39 is 17.6 Å². The number of benzene rings is 2. The SMILES string of the molecule is CCOc1ccc(CCN2C(=O)C(O)=C(c3ccccc3)C2=O)cc1OCC. The van der Waals surface area contributed by atoms with Crippen LogP contribution in [-0.4, -0.2) is 41.6 Å². The van der Waals surface area contributed by atoms with Gasteiger partial charge < -0.3 is 14.6 Å². The molecular formula is C22H23NO5. The zero-order chi connectivity index (χ0) is 20.1. The zero-order valence-electron chi connectivity index (χ0n) is 16.0. The molecule has 0 saturated heterocycles. The van der Waals surface area contributed by atoms with E-state index in [2.05, 4.69) is 0 Å². The van der Waals surface area contributed by atoms with Crippen molar-refractivity contribution in [2.75, 3.05) is 19.8 Å². The maximum atomic E-state index is 12.7. The van der Waals surface area contributed by atoms with Crippen LogP contribution in [0.25, 0.3) is 5.57 Å². The fourth-order valence-corrected chi connectivity index (χ4v) is 3.12. The Morgan fingerprint density at radius 2 is 1.57 bits per heavy atom. The normalized spacial score (nSPS) is 14.0. The molecule has 6 nitrogen and oxygen atoms in total. The van der Waals surface area contributed by atoms with Gasteiger partial charge in [-0.05, 0) is 43.5 Å². The summed E-state index contributed by atoms with van der Waals surface area (Å²) in [5.41, 5.74) is 1.48. The van der Waals surface area contributed by atoms with Crippen molar-refractivity contribution in [2.45, 2.75) is 20.3 Å². The number of carbonyl (C=O) groups excluding carboxylic acids is 2. The van der Waals surface area contributed by atoms with Crippen molar-refractivity contribution in [3.05, 3.63) is 65.4 Å². The molecule has 0 atom stereocenters. The van der Waals surface area contributed by atoms with Gasteiger partial charge in [-0.25, -0.2) is 0 Å². The van der Waals surface area contributed by atoms with Crippen molar-refractivity contribution < 1.29 is 24.2 Å². The van der Waals surface area contributed by atoms with Crippen molar-refractivity contribution in [3.8, 4) is 11.5 Å². The lowest BCUT2D eigenvalue weighted by molar-refractivity contribution is -0.138. The summed E-state index contributed by atoms with van der Waals surface area (Å²) >= 11 is 0. The summed E-state index contributed by atoms with van der Waals surface area (Å²) in [7, 11) is 0. The largest absolute Gasteiger partial charge is 0.502 e. The Morgan fingerprint density at radius 1 is 0.893 bits per heavy atom. The number of ether oxygens (including phenoxy) is 2. The van der Waals surface area contributed by atoms with Crippen molar-refractivity contribution in [3.63, 3.8) is 0 Å². The predicted octanol–water partition coefficient (Wildman–Crippen LogP) is 3.36. The molecule has 6 heteroatoms. The average molecular weight is 381 g/mol. The van der Waals surface area contributed by atoms with Crippen LogP contribution in [0.2, 0.25) is 0 Å². The third-order valence-corrected chi connectivity index (χ3v) is 4.44. The number of hydrogen-bond donors (Lipinski definition) is 1. The summed E-state index contributed by atoms with van der Waals surface area (Å²) in [5, 5.41) is 10.2. The highest BCUT2D eigenvalue weighted by atomic mass is 16.5. The second kappa shape index (κ2) is 8.61. The molecule has 146 valence electrons. The molecule has 0 bridgehead atoms. The fraction of sp³-hybridized carbons (Fsp3) is 0.273. The van der Waals surface area contributed by atoms with Gasteiger partial charge in [-0.15, -0.1) is 0 Å². The first kappa shape index (κ1) is 19.5. The van der Waals surface area contributed by atoms with Gasteiger partial charge >= 0.3 is 0 Å². The summed E-state index contributed by atoms with van der Waals surface area (Å²) in [4.78, 5) is 26.2. The molecule has 0 spiro atoms. The maximum absolute atomic E-state index is 12.7. The van der Waals surface area contributed by atoms with E-state index in [-0.39, 0.29) is 12.1 Å². The molecule has 0 fully saturated rings. The standard InChI is InChI=1S/C22H23NO5/c1-3-27-17-11-10-15(14-18(17)28-4-2)12-13-23-21(25)19(20(24)22(23)26)16-8-6-5-7-9-16/h5-11,14,24H,3-4,12-13H2,1-2H3. The lowest BCUT2D eigenvalue weighted by Gasteiger charge is -2.16. The van der Waals surface area contributed by atoms with E-state index in [1.54, 1.807) is 24.3 Å². The highest BCUT2D eigenvalue weighted by Gasteiger charge is 2.38. The molecule has 1 aliphatic heterocycles. The van der Waals surface area contributed by atoms with Crippen LogP contribution in [0.4, 0.5) is 0 Å². The predicted molar refractivity (Wildman–Crippen MR) is 105 cm³/mol. The van der Waals surface area contributed by atoms with Gasteiger partial charge in [0, 0.05) is 6.54 Å². The van der Waals surface area contributed by atoms with Crippen LogP contribution in [-0.2, 0) is 16.0 Å². The fourth-order valence-electron chi connectivity index (χ4n) is 3.12. The smallest absolute Gasteiger partial charge is 0.296 e. The summed E-state index contributed by atoms with van der Waals surface area (Å²) < 4.78 is 11.2. The first-order valence-corrected chi connectivity index (χ1v) is 9.30. The maximum Gasteiger partial charge on any atom is 0.296 e. The molecule has 0 radical (unpaired) electrons. The number of aliphatic hydroxyl groups excluding tert-OH is 1. The third kappa shape index (κ3) is 3.86. The lowest BCUT2D eigenvalue weighted by Crippen LogP contribution is -2.33. The van der Waals surface area contributed by atoms with Crippen LogP contribution in [0.15, 0.2) is 54.3 Å². The van der Waals surface area contributed by atoms with Crippen molar-refractivity contribution in [1.82, 2.24) is 4.90 Å². The number of rotatable bonds is 8. The summed E-state index contributed by atoms with van der Waals surface area (Å²) in [6.45, 7) is 4.99. The molecule has 2 aromatic rings. The molecule has 0 unspecified atom stereocenters. The molecule has 2 aromatic carbocycles. The van der Waals surface area contributed by atoms with Crippen molar-refractivity contribution >= 4 is 17.4 Å². The van der Waals surface area contributed by atoms with Gasteiger partial charge in [-0.1, -0.05) is 36.4 Å². The topological polar surface area (TPSA) is 76.1 Å². The van der Waals surface area contributed by atoms with Gasteiger partial charge in [0.2, 0.25) is 0 Å². The van der Waals surface area contributed by atoms with Crippen LogP contribution in [0, 0.1) is 0 Å². The molecule has 0 aliphatic carbocycles. The van der Waals surface area contributed by atoms with Gasteiger partial charge in [0.05, 0.1) is 18.8 Å². The Morgan fingerprint density at radius 3 is 2.25 bits per heavy atom. The second-order valence-corrected chi connectivity index (χ2v) is 6.25. The summed E-state index contributed by atoms with van der Waals surface area (Å²) in [6, 6.07) is 14.3. The van der Waals surface area contributed by atoms with Crippen LogP contribution in [0.3, 0.4) is 0 Å². The van der Waals surface area contributed by atoms with E-state index in [1.165, 1.54) is 0 Å². The van der Waals surface area contributed by atoms with Crippen molar-refractivity contribution in [2.24, 2.45) is 0 Å². The van der Waals surface area contributed by atoms with Crippen LogP contribution in [0.5, 0.6) is 11.5 Å². The average Bonchev–Trinajstić information content (AvgIpc) is 2.91. The molecular weight excluding hydrogens is 358 g/mol. The number of carbonyl (C=O) groups is 2. The number of amides is 2. The van der Waals surface area contributed by atoms with Gasteiger partial charge in [0.1, 0.15) is 0 Å². The second-order valence-electron chi connectivity index (χ2n) is 6.25. The van der Waals surface area contributed by atoms with Crippen LogP contribution >= 0.6 is 0 Å². The molecule has 0 aromatic heterocycles. The van der Waals surface area contributed by atoms with E-state index in [1.807, 2.05) is 38.1 Å². The van der Waals surface area contributed by atoms with Gasteiger partial charge in [0.15, 0.2) is 17.3 Å².